The van der Waals surface area contributed by atoms with Gasteiger partial charge in [0.05, 0.1) is 24.5 Å². The highest BCUT2D eigenvalue weighted by atomic mass is 19.1. The minimum absolute atomic E-state index is 0. The van der Waals surface area contributed by atoms with E-state index in [1.807, 2.05) is 0 Å². The average Bonchev–Trinajstić information content (AvgIpc) is 3.78. The van der Waals surface area contributed by atoms with Gasteiger partial charge in [-0.15, -0.1) is 0 Å². The largest absolute Gasteiger partial charge is 0.382 e. The molecule has 0 amide bonds. The fourth-order valence-corrected chi connectivity index (χ4v) is 4.02. The lowest BCUT2D eigenvalue weighted by Crippen LogP contribution is -2.13. The topological polar surface area (TPSA) is 187 Å². The maximum Gasteiger partial charge on any atom is 0.143 e. The summed E-state index contributed by atoms with van der Waals surface area (Å²) in [5.41, 5.74) is 14.8. The molecule has 0 aliphatic rings. The number of rotatable bonds is 8. The Balaban J connectivity index is 0.000000192. The number of hydrogen-bond donors (Lipinski definition) is 4. The third-order valence-electron chi connectivity index (χ3n) is 6.07. The molecule has 0 fully saturated rings. The Morgan fingerprint density at radius 1 is 0.674 bits per heavy atom. The first-order chi connectivity index (χ1) is 20.3. The highest BCUT2D eigenvalue weighted by Gasteiger charge is 2.16. The van der Waals surface area contributed by atoms with Crippen molar-refractivity contribution in [2.45, 2.75) is 20.5 Å². The minimum Gasteiger partial charge on any atom is -0.382 e. The summed E-state index contributed by atoms with van der Waals surface area (Å²) in [5, 5.41) is 31.1. The van der Waals surface area contributed by atoms with Crippen molar-refractivity contribution >= 4 is 11.7 Å². The van der Waals surface area contributed by atoms with Gasteiger partial charge in [0.15, 0.2) is 0 Å². The monoisotopic (exact) mass is 586 g/mol. The number of nitrogens with two attached hydrogens (primary N) is 2. The van der Waals surface area contributed by atoms with Crippen LogP contribution in [0.5, 0.6) is 0 Å². The van der Waals surface area contributed by atoms with E-state index in [1.54, 1.807) is 70.0 Å². The molecule has 4 aromatic heterocycles. The summed E-state index contributed by atoms with van der Waals surface area (Å²) in [4.78, 5) is 0. The zero-order valence-corrected chi connectivity index (χ0v) is 21.9. The lowest BCUT2D eigenvalue weighted by atomic mass is 10.2. The standard InChI is InChI=1S/2C14H12FN5O.CH4/c2*15-10-4-2-1-3-9(10)8-20-13(11-5-6-21-19-11)7-12(18-20)14(16)17;/h2*1-7H,8H2,(H3,16,17);1H4. The predicted octanol–water partition coefficient (Wildman–Crippen LogP) is 4.66. The van der Waals surface area contributed by atoms with Crippen LogP contribution in [0.1, 0.15) is 29.9 Å². The first-order valence-electron chi connectivity index (χ1n) is 12.4. The van der Waals surface area contributed by atoms with E-state index in [0.29, 0.717) is 45.3 Å². The molecule has 0 saturated carbocycles. The van der Waals surface area contributed by atoms with Crippen molar-refractivity contribution in [1.82, 2.24) is 29.9 Å². The number of amidine groups is 2. The van der Waals surface area contributed by atoms with E-state index in [0.717, 1.165) is 0 Å². The van der Waals surface area contributed by atoms with Crippen LogP contribution < -0.4 is 11.5 Å². The van der Waals surface area contributed by atoms with Crippen LogP contribution in [0.25, 0.3) is 22.8 Å². The Hall–Kier alpha value is -5.92. The molecular weight excluding hydrogens is 558 g/mol. The summed E-state index contributed by atoms with van der Waals surface area (Å²) in [6.45, 7) is 0.421. The molecule has 0 spiro atoms. The van der Waals surface area contributed by atoms with E-state index in [9.17, 15) is 8.78 Å². The number of hydrogen-bond acceptors (Lipinski definition) is 8. The molecule has 0 unspecified atom stereocenters. The van der Waals surface area contributed by atoms with Gasteiger partial charge in [-0.1, -0.05) is 54.1 Å². The average molecular weight is 587 g/mol. The molecule has 4 heterocycles. The highest BCUT2D eigenvalue weighted by molar-refractivity contribution is 5.94. The van der Waals surface area contributed by atoms with Gasteiger partial charge in [-0.2, -0.15) is 10.2 Å². The highest BCUT2D eigenvalue weighted by Crippen LogP contribution is 2.22. The van der Waals surface area contributed by atoms with Gasteiger partial charge < -0.3 is 20.5 Å². The van der Waals surface area contributed by atoms with Crippen LogP contribution in [0.15, 0.2) is 94.4 Å². The number of aromatic nitrogens is 6. The third kappa shape index (κ3) is 6.87. The predicted molar refractivity (Wildman–Crippen MR) is 155 cm³/mol. The summed E-state index contributed by atoms with van der Waals surface area (Å²) < 4.78 is 40.3. The van der Waals surface area contributed by atoms with Crippen molar-refractivity contribution in [3.05, 3.63) is 119 Å². The van der Waals surface area contributed by atoms with E-state index in [-0.39, 0.29) is 43.8 Å². The second-order valence-electron chi connectivity index (χ2n) is 8.92. The van der Waals surface area contributed by atoms with Gasteiger partial charge in [0, 0.05) is 23.3 Å². The van der Waals surface area contributed by atoms with Gasteiger partial charge in [0.1, 0.15) is 58.6 Å². The summed E-state index contributed by atoms with van der Waals surface area (Å²) in [6.07, 6.45) is 2.87. The summed E-state index contributed by atoms with van der Waals surface area (Å²) in [6, 6.07) is 19.5. The van der Waals surface area contributed by atoms with Crippen LogP contribution in [0.3, 0.4) is 0 Å². The molecule has 14 heteroatoms. The maximum atomic E-state index is 13.8. The smallest absolute Gasteiger partial charge is 0.143 e. The van der Waals surface area contributed by atoms with E-state index in [2.05, 4.69) is 20.5 Å². The molecule has 0 aliphatic carbocycles. The normalized spacial score (nSPS) is 10.5. The number of halogens is 2. The molecule has 6 N–H and O–H groups in total. The SMILES string of the molecule is C.N=C(N)c1cc(-c2ccon2)n(Cc2ccccc2F)n1.N=C(N)c1cc(-c2ccon2)n(Cc2ccccc2F)n1. The molecule has 0 saturated heterocycles. The van der Waals surface area contributed by atoms with Crippen LogP contribution in [-0.4, -0.2) is 41.5 Å². The molecule has 6 rings (SSSR count). The molecule has 0 radical (unpaired) electrons. The molecule has 2 aromatic carbocycles. The number of nitrogens with one attached hydrogen (secondary N) is 2. The number of benzene rings is 2. The Labute approximate surface area is 244 Å². The Morgan fingerprint density at radius 3 is 1.40 bits per heavy atom. The zero-order chi connectivity index (χ0) is 29.6. The van der Waals surface area contributed by atoms with E-state index in [1.165, 1.54) is 24.7 Å². The quantitative estimate of drug-likeness (QED) is 0.146. The van der Waals surface area contributed by atoms with Gasteiger partial charge in [-0.3, -0.25) is 20.2 Å². The van der Waals surface area contributed by atoms with Gasteiger partial charge in [0.25, 0.3) is 0 Å². The van der Waals surface area contributed by atoms with Crippen LogP contribution in [0.4, 0.5) is 8.78 Å². The fourth-order valence-electron chi connectivity index (χ4n) is 4.02. The van der Waals surface area contributed by atoms with Gasteiger partial charge in [-0.05, 0) is 24.3 Å². The molecule has 0 atom stereocenters. The van der Waals surface area contributed by atoms with Crippen LogP contribution in [0.2, 0.25) is 0 Å². The molecule has 220 valence electrons. The fraction of sp³-hybridized carbons (Fsp3) is 0.103. The molecular formula is C29H28F2N10O2. The second-order valence-corrected chi connectivity index (χ2v) is 8.92. The number of nitrogen functional groups attached to an aromatic ring is 2. The Bertz CT molecular complexity index is 1690. The molecule has 12 nitrogen and oxygen atoms in total. The second kappa shape index (κ2) is 13.2. The third-order valence-corrected chi connectivity index (χ3v) is 6.07. The number of nitrogens with zero attached hydrogens (tertiary/aromatic N) is 6. The molecule has 0 bridgehead atoms. The lowest BCUT2D eigenvalue weighted by molar-refractivity contribution is 0.421. The van der Waals surface area contributed by atoms with Crippen LogP contribution in [0, 0.1) is 22.5 Å². The van der Waals surface area contributed by atoms with Crippen LogP contribution in [-0.2, 0) is 13.1 Å². The van der Waals surface area contributed by atoms with E-state index >= 15 is 0 Å². The lowest BCUT2D eigenvalue weighted by Gasteiger charge is -2.06. The minimum atomic E-state index is -0.316. The van der Waals surface area contributed by atoms with Crippen molar-refractivity contribution in [2.24, 2.45) is 11.5 Å². The van der Waals surface area contributed by atoms with Crippen molar-refractivity contribution < 1.29 is 17.8 Å². The maximum absolute atomic E-state index is 13.8. The first kappa shape index (κ1) is 30.0. The van der Waals surface area contributed by atoms with Crippen molar-refractivity contribution in [3.63, 3.8) is 0 Å². The summed E-state index contributed by atoms with van der Waals surface area (Å²) in [5.74, 6) is -0.953. The summed E-state index contributed by atoms with van der Waals surface area (Å²) >= 11 is 0. The van der Waals surface area contributed by atoms with E-state index in [4.69, 9.17) is 31.3 Å². The van der Waals surface area contributed by atoms with E-state index < -0.39 is 0 Å². The van der Waals surface area contributed by atoms with Crippen LogP contribution >= 0.6 is 0 Å². The Kier molecular flexibility index (Phi) is 9.20. The summed E-state index contributed by atoms with van der Waals surface area (Å²) in [7, 11) is 0. The van der Waals surface area contributed by atoms with Crippen molar-refractivity contribution in [2.75, 3.05) is 0 Å². The van der Waals surface area contributed by atoms with Gasteiger partial charge >= 0.3 is 0 Å². The Morgan fingerprint density at radius 2 is 1.07 bits per heavy atom. The molecule has 0 aliphatic heterocycles. The zero-order valence-electron chi connectivity index (χ0n) is 21.9. The van der Waals surface area contributed by atoms with Crippen molar-refractivity contribution in [1.29, 1.82) is 10.8 Å². The van der Waals surface area contributed by atoms with Gasteiger partial charge in [-0.25, -0.2) is 8.78 Å². The van der Waals surface area contributed by atoms with Crippen molar-refractivity contribution in [3.8, 4) is 22.8 Å². The first-order valence-corrected chi connectivity index (χ1v) is 12.4. The molecule has 43 heavy (non-hydrogen) atoms. The van der Waals surface area contributed by atoms with Gasteiger partial charge in [0.2, 0.25) is 0 Å². The molecule has 6 aromatic rings.